The quantitative estimate of drug-likeness (QED) is 0.793. The highest BCUT2D eigenvalue weighted by molar-refractivity contribution is 14.1. The molecular formula is C12H17IN4O. The minimum absolute atomic E-state index is 0.0863. The van der Waals surface area contributed by atoms with E-state index in [1.807, 2.05) is 6.07 Å². The van der Waals surface area contributed by atoms with Gasteiger partial charge in [0, 0.05) is 43.0 Å². The maximum atomic E-state index is 11.6. The predicted octanol–water partition coefficient (Wildman–Crippen LogP) is 0.798. The van der Waals surface area contributed by atoms with Gasteiger partial charge < -0.3 is 15.1 Å². The normalized spacial score (nSPS) is 16.7. The molecule has 2 rings (SSSR count). The number of anilines is 1. The lowest BCUT2D eigenvalue weighted by atomic mass is 10.2. The number of nitrogens with one attached hydrogen (secondary N) is 1. The summed E-state index contributed by atoms with van der Waals surface area (Å²) in [5, 5.41) is 2.62. The number of likely N-dealkylation sites (N-methyl/N-ethyl adjacent to an activating group) is 1. The standard InChI is InChI=1S/C12H17IN4O/c1-14-12(18)9-8-15-11(7-10(9)13)17-5-3-16(2)4-6-17/h7-8H,3-6H2,1-2H3,(H,14,18). The number of carbonyl (C=O) groups is 1. The molecule has 0 bridgehead atoms. The topological polar surface area (TPSA) is 48.5 Å². The van der Waals surface area contributed by atoms with Crippen molar-refractivity contribution in [3.63, 3.8) is 0 Å². The fourth-order valence-electron chi connectivity index (χ4n) is 1.93. The minimum Gasteiger partial charge on any atom is -0.355 e. The lowest BCUT2D eigenvalue weighted by molar-refractivity contribution is 0.0962. The Morgan fingerprint density at radius 1 is 1.39 bits per heavy atom. The third-order valence-electron chi connectivity index (χ3n) is 3.14. The molecule has 0 aromatic carbocycles. The van der Waals surface area contributed by atoms with Crippen LogP contribution >= 0.6 is 22.6 Å². The molecule has 1 N–H and O–H groups in total. The van der Waals surface area contributed by atoms with Crippen LogP contribution in [0.4, 0.5) is 5.82 Å². The molecule has 1 amide bonds. The fourth-order valence-corrected chi connectivity index (χ4v) is 2.59. The summed E-state index contributed by atoms with van der Waals surface area (Å²) in [6, 6.07) is 1.98. The van der Waals surface area contributed by atoms with Crippen molar-refractivity contribution in [2.45, 2.75) is 0 Å². The Kier molecular flexibility index (Phi) is 4.39. The van der Waals surface area contributed by atoms with Gasteiger partial charge in [0.05, 0.1) is 5.56 Å². The van der Waals surface area contributed by atoms with Crippen molar-refractivity contribution in [3.05, 3.63) is 21.4 Å². The molecule has 1 aliphatic heterocycles. The number of rotatable bonds is 2. The first kappa shape index (κ1) is 13.5. The van der Waals surface area contributed by atoms with Crippen molar-refractivity contribution in [1.82, 2.24) is 15.2 Å². The first-order valence-corrected chi connectivity index (χ1v) is 7.01. The van der Waals surface area contributed by atoms with Crippen molar-refractivity contribution in [1.29, 1.82) is 0 Å². The summed E-state index contributed by atoms with van der Waals surface area (Å²) in [5.74, 6) is 0.872. The van der Waals surface area contributed by atoms with Gasteiger partial charge in [-0.1, -0.05) is 0 Å². The van der Waals surface area contributed by atoms with Crippen molar-refractivity contribution in [2.24, 2.45) is 0 Å². The van der Waals surface area contributed by atoms with Gasteiger partial charge in [0.1, 0.15) is 5.82 Å². The lowest BCUT2D eigenvalue weighted by Gasteiger charge is -2.33. The molecule has 1 fully saturated rings. The molecule has 18 heavy (non-hydrogen) atoms. The molecule has 0 atom stereocenters. The van der Waals surface area contributed by atoms with E-state index in [-0.39, 0.29) is 5.91 Å². The van der Waals surface area contributed by atoms with Gasteiger partial charge in [0.2, 0.25) is 0 Å². The number of amides is 1. The van der Waals surface area contributed by atoms with Gasteiger partial charge in [-0.15, -0.1) is 0 Å². The number of nitrogens with zero attached hydrogens (tertiary/aromatic N) is 3. The van der Waals surface area contributed by atoms with E-state index < -0.39 is 0 Å². The summed E-state index contributed by atoms with van der Waals surface area (Å²) >= 11 is 2.19. The van der Waals surface area contributed by atoms with Gasteiger partial charge >= 0.3 is 0 Å². The van der Waals surface area contributed by atoms with E-state index in [1.54, 1.807) is 13.2 Å². The van der Waals surface area contributed by atoms with Crippen molar-refractivity contribution < 1.29 is 4.79 Å². The molecule has 0 aliphatic carbocycles. The van der Waals surface area contributed by atoms with Crippen LogP contribution in [-0.2, 0) is 0 Å². The zero-order chi connectivity index (χ0) is 13.1. The molecule has 1 aromatic heterocycles. The zero-order valence-electron chi connectivity index (χ0n) is 10.6. The number of halogens is 1. The van der Waals surface area contributed by atoms with Crippen LogP contribution in [0.2, 0.25) is 0 Å². The number of pyridine rings is 1. The Balaban J connectivity index is 2.16. The maximum Gasteiger partial charge on any atom is 0.253 e. The summed E-state index contributed by atoms with van der Waals surface area (Å²) in [5.41, 5.74) is 0.635. The molecule has 1 aromatic rings. The highest BCUT2D eigenvalue weighted by Crippen LogP contribution is 2.19. The molecule has 98 valence electrons. The zero-order valence-corrected chi connectivity index (χ0v) is 12.8. The number of piperazine rings is 1. The summed E-state index contributed by atoms with van der Waals surface area (Å²) in [7, 11) is 3.76. The van der Waals surface area contributed by atoms with Crippen LogP contribution in [0.25, 0.3) is 0 Å². The summed E-state index contributed by atoms with van der Waals surface area (Å²) in [6.07, 6.45) is 1.66. The van der Waals surface area contributed by atoms with Crippen LogP contribution in [0.1, 0.15) is 10.4 Å². The van der Waals surface area contributed by atoms with Gasteiger partial charge in [-0.2, -0.15) is 0 Å². The molecule has 0 radical (unpaired) electrons. The Morgan fingerprint density at radius 2 is 2.06 bits per heavy atom. The highest BCUT2D eigenvalue weighted by atomic mass is 127. The van der Waals surface area contributed by atoms with Crippen LogP contribution in [0.3, 0.4) is 0 Å². The molecule has 5 nitrogen and oxygen atoms in total. The van der Waals surface area contributed by atoms with Crippen LogP contribution in [0.5, 0.6) is 0 Å². The van der Waals surface area contributed by atoms with Crippen molar-refractivity contribution in [3.8, 4) is 0 Å². The maximum absolute atomic E-state index is 11.6. The molecular weight excluding hydrogens is 343 g/mol. The van der Waals surface area contributed by atoms with E-state index in [9.17, 15) is 4.79 Å². The van der Waals surface area contributed by atoms with E-state index in [1.165, 1.54) is 0 Å². The molecule has 6 heteroatoms. The average molecular weight is 360 g/mol. The second kappa shape index (κ2) is 5.83. The monoisotopic (exact) mass is 360 g/mol. The van der Waals surface area contributed by atoms with E-state index in [2.05, 4.69) is 49.7 Å². The summed E-state index contributed by atoms with van der Waals surface area (Å²) in [6.45, 7) is 4.07. The minimum atomic E-state index is -0.0863. The number of carbonyl (C=O) groups excluding carboxylic acids is 1. The first-order chi connectivity index (χ1) is 8.61. The van der Waals surface area contributed by atoms with Gasteiger partial charge in [0.25, 0.3) is 5.91 Å². The molecule has 0 spiro atoms. The SMILES string of the molecule is CNC(=O)c1cnc(N2CCN(C)CC2)cc1I. The Labute approximate surface area is 121 Å². The Hall–Kier alpha value is -0.890. The van der Waals surface area contributed by atoms with Crippen LogP contribution in [0, 0.1) is 3.57 Å². The molecule has 0 saturated carbocycles. The molecule has 1 aliphatic rings. The summed E-state index contributed by atoms with van der Waals surface area (Å²) in [4.78, 5) is 20.6. The number of aromatic nitrogens is 1. The number of hydrogen-bond donors (Lipinski definition) is 1. The second-order valence-corrected chi connectivity index (χ2v) is 5.55. The molecule has 0 unspecified atom stereocenters. The Morgan fingerprint density at radius 3 is 2.61 bits per heavy atom. The Bertz CT molecular complexity index is 444. The van der Waals surface area contributed by atoms with Gasteiger partial charge in [-0.25, -0.2) is 4.98 Å². The van der Waals surface area contributed by atoms with Crippen molar-refractivity contribution in [2.75, 3.05) is 45.2 Å². The lowest BCUT2D eigenvalue weighted by Crippen LogP contribution is -2.44. The van der Waals surface area contributed by atoms with E-state index in [0.29, 0.717) is 5.56 Å². The number of hydrogen-bond acceptors (Lipinski definition) is 4. The van der Waals surface area contributed by atoms with Gasteiger partial charge in [-0.05, 0) is 35.7 Å². The van der Waals surface area contributed by atoms with E-state index in [0.717, 1.165) is 35.6 Å². The van der Waals surface area contributed by atoms with Gasteiger partial charge in [-0.3, -0.25) is 4.79 Å². The highest BCUT2D eigenvalue weighted by Gasteiger charge is 2.17. The fraction of sp³-hybridized carbons (Fsp3) is 0.500. The third kappa shape index (κ3) is 2.92. The van der Waals surface area contributed by atoms with E-state index >= 15 is 0 Å². The van der Waals surface area contributed by atoms with E-state index in [4.69, 9.17) is 0 Å². The second-order valence-electron chi connectivity index (χ2n) is 4.39. The predicted molar refractivity (Wildman–Crippen MR) is 80.1 cm³/mol. The van der Waals surface area contributed by atoms with Crippen molar-refractivity contribution >= 4 is 34.3 Å². The third-order valence-corrected chi connectivity index (χ3v) is 4.03. The largest absolute Gasteiger partial charge is 0.355 e. The van der Waals surface area contributed by atoms with Crippen LogP contribution in [0.15, 0.2) is 12.3 Å². The molecule has 2 heterocycles. The van der Waals surface area contributed by atoms with Crippen LogP contribution < -0.4 is 10.2 Å². The summed E-state index contributed by atoms with van der Waals surface area (Å²) < 4.78 is 0.941. The van der Waals surface area contributed by atoms with Crippen LogP contribution in [-0.4, -0.2) is 56.1 Å². The first-order valence-electron chi connectivity index (χ1n) is 5.93. The average Bonchev–Trinajstić information content (AvgIpc) is 2.38. The van der Waals surface area contributed by atoms with Gasteiger partial charge in [0.15, 0.2) is 0 Å². The molecule has 1 saturated heterocycles. The smallest absolute Gasteiger partial charge is 0.253 e.